The van der Waals surface area contributed by atoms with Gasteiger partial charge in [-0.3, -0.25) is 4.79 Å². The first-order valence-corrected chi connectivity index (χ1v) is 4.45. The molecular weight excluding hydrogens is 200 g/mol. The zero-order chi connectivity index (χ0) is 9.97. The second-order valence-electron chi connectivity index (χ2n) is 2.76. The van der Waals surface area contributed by atoms with Crippen molar-refractivity contribution < 1.29 is 4.79 Å². The molecule has 0 N–H and O–H groups in total. The van der Waals surface area contributed by atoms with Gasteiger partial charge in [-0.2, -0.15) is 5.10 Å². The number of rotatable bonds is 2. The molecule has 70 valence electrons. The van der Waals surface area contributed by atoms with E-state index in [-0.39, 0.29) is 5.69 Å². The zero-order valence-corrected chi connectivity index (χ0v) is 7.98. The maximum absolute atomic E-state index is 10.5. The number of carbonyl (C=O) groups excluding carboxylic acids is 1. The lowest BCUT2D eigenvalue weighted by Gasteiger charge is -1.98. The summed E-state index contributed by atoms with van der Waals surface area (Å²) >= 11 is 5.78. The number of aldehydes is 1. The van der Waals surface area contributed by atoms with Crippen LogP contribution in [0.4, 0.5) is 0 Å². The minimum absolute atomic E-state index is 0.260. The minimum atomic E-state index is 0.260. The average Bonchev–Trinajstić information content (AvgIpc) is 2.61. The lowest BCUT2D eigenvalue weighted by molar-refractivity contribution is 0.111. The fourth-order valence-electron chi connectivity index (χ4n) is 1.16. The standard InChI is InChI=1S/C10H7ClN2O/c11-9-6-13(12-10(9)7-14)8-4-2-1-3-5-8/h1-7H. The van der Waals surface area contributed by atoms with E-state index in [1.54, 1.807) is 10.9 Å². The monoisotopic (exact) mass is 206 g/mol. The average molecular weight is 207 g/mol. The molecule has 14 heavy (non-hydrogen) atoms. The minimum Gasteiger partial charge on any atom is -0.296 e. The Morgan fingerprint density at radius 1 is 1.29 bits per heavy atom. The van der Waals surface area contributed by atoms with Crippen LogP contribution in [0.5, 0.6) is 0 Å². The first kappa shape index (κ1) is 8.97. The normalized spacial score (nSPS) is 10.1. The largest absolute Gasteiger partial charge is 0.296 e. The van der Waals surface area contributed by atoms with Crippen molar-refractivity contribution in [2.24, 2.45) is 0 Å². The summed E-state index contributed by atoms with van der Waals surface area (Å²) in [7, 11) is 0. The predicted octanol–water partition coefficient (Wildman–Crippen LogP) is 2.34. The van der Waals surface area contributed by atoms with Crippen LogP contribution in [0.1, 0.15) is 10.5 Å². The number of halogens is 1. The van der Waals surface area contributed by atoms with Crippen LogP contribution in [0, 0.1) is 0 Å². The fraction of sp³-hybridized carbons (Fsp3) is 0. The Morgan fingerprint density at radius 2 is 2.00 bits per heavy atom. The molecule has 2 aromatic rings. The Morgan fingerprint density at radius 3 is 2.57 bits per heavy atom. The highest BCUT2D eigenvalue weighted by Crippen LogP contribution is 2.15. The van der Waals surface area contributed by atoms with E-state index >= 15 is 0 Å². The topological polar surface area (TPSA) is 34.9 Å². The molecule has 1 aromatic heterocycles. The molecule has 0 bridgehead atoms. The van der Waals surface area contributed by atoms with Gasteiger partial charge in [0, 0.05) is 0 Å². The molecule has 4 heteroatoms. The van der Waals surface area contributed by atoms with Crippen molar-refractivity contribution in [2.45, 2.75) is 0 Å². The van der Waals surface area contributed by atoms with E-state index < -0.39 is 0 Å². The van der Waals surface area contributed by atoms with Crippen molar-refractivity contribution in [2.75, 3.05) is 0 Å². The van der Waals surface area contributed by atoms with Gasteiger partial charge in [0.05, 0.1) is 16.9 Å². The first-order chi connectivity index (χ1) is 6.81. The summed E-state index contributed by atoms with van der Waals surface area (Å²) in [5, 5.41) is 4.38. The number of carbonyl (C=O) groups is 1. The molecule has 0 saturated carbocycles. The molecule has 0 saturated heterocycles. The Labute approximate surface area is 85.9 Å². The van der Waals surface area contributed by atoms with Crippen molar-refractivity contribution in [1.29, 1.82) is 0 Å². The molecule has 2 rings (SSSR count). The molecule has 3 nitrogen and oxygen atoms in total. The van der Waals surface area contributed by atoms with Gasteiger partial charge >= 0.3 is 0 Å². The molecule has 1 aromatic carbocycles. The molecule has 0 fully saturated rings. The second kappa shape index (κ2) is 3.64. The van der Waals surface area contributed by atoms with Crippen molar-refractivity contribution in [1.82, 2.24) is 9.78 Å². The van der Waals surface area contributed by atoms with Crippen LogP contribution >= 0.6 is 11.6 Å². The van der Waals surface area contributed by atoms with Gasteiger partial charge < -0.3 is 0 Å². The number of benzene rings is 1. The van der Waals surface area contributed by atoms with Gasteiger partial charge in [-0.25, -0.2) is 4.68 Å². The third-order valence-corrected chi connectivity index (χ3v) is 2.12. The number of para-hydroxylation sites is 1. The van der Waals surface area contributed by atoms with Gasteiger partial charge in [-0.05, 0) is 12.1 Å². The summed E-state index contributed by atoms with van der Waals surface area (Å²) < 4.78 is 1.58. The van der Waals surface area contributed by atoms with Crippen LogP contribution < -0.4 is 0 Å². The van der Waals surface area contributed by atoms with Crippen LogP contribution in [0.2, 0.25) is 5.02 Å². The number of hydrogen-bond donors (Lipinski definition) is 0. The number of aromatic nitrogens is 2. The first-order valence-electron chi connectivity index (χ1n) is 4.07. The van der Waals surface area contributed by atoms with Crippen LogP contribution in [-0.2, 0) is 0 Å². The predicted molar refractivity (Wildman–Crippen MR) is 54.0 cm³/mol. The van der Waals surface area contributed by atoms with Gasteiger partial charge in [-0.15, -0.1) is 0 Å². The third kappa shape index (κ3) is 1.54. The Hall–Kier alpha value is -1.61. The third-order valence-electron chi connectivity index (χ3n) is 1.83. The molecule has 0 amide bonds. The van der Waals surface area contributed by atoms with Crippen molar-refractivity contribution in [3.8, 4) is 5.69 Å². The van der Waals surface area contributed by atoms with Gasteiger partial charge in [0.1, 0.15) is 5.69 Å². The van der Waals surface area contributed by atoms with Crippen LogP contribution in [0.3, 0.4) is 0 Å². The Bertz CT molecular complexity index is 450. The van der Waals surface area contributed by atoms with Crippen molar-refractivity contribution in [3.63, 3.8) is 0 Å². The van der Waals surface area contributed by atoms with E-state index in [1.165, 1.54) is 0 Å². The van der Waals surface area contributed by atoms with E-state index in [9.17, 15) is 4.79 Å². The van der Waals surface area contributed by atoms with E-state index in [0.717, 1.165) is 5.69 Å². The quantitative estimate of drug-likeness (QED) is 0.707. The lowest BCUT2D eigenvalue weighted by atomic mass is 10.3. The van der Waals surface area contributed by atoms with Gasteiger partial charge in [-0.1, -0.05) is 29.8 Å². The summed E-state index contributed by atoms with van der Waals surface area (Å²) in [6.45, 7) is 0. The fourth-order valence-corrected chi connectivity index (χ4v) is 1.33. The summed E-state index contributed by atoms with van der Waals surface area (Å²) in [4.78, 5) is 10.5. The highest BCUT2D eigenvalue weighted by Gasteiger charge is 2.05. The molecule has 0 radical (unpaired) electrons. The van der Waals surface area contributed by atoms with Crippen molar-refractivity contribution in [3.05, 3.63) is 47.2 Å². The van der Waals surface area contributed by atoms with E-state index in [0.29, 0.717) is 11.3 Å². The van der Waals surface area contributed by atoms with E-state index in [4.69, 9.17) is 11.6 Å². The Kier molecular flexibility index (Phi) is 2.33. The van der Waals surface area contributed by atoms with Gasteiger partial charge in [0.2, 0.25) is 0 Å². The van der Waals surface area contributed by atoms with E-state index in [2.05, 4.69) is 5.10 Å². The summed E-state index contributed by atoms with van der Waals surface area (Å²) in [6, 6.07) is 9.47. The molecule has 0 aliphatic heterocycles. The van der Waals surface area contributed by atoms with Crippen LogP contribution in [0.15, 0.2) is 36.5 Å². The summed E-state index contributed by atoms with van der Waals surface area (Å²) in [6.07, 6.45) is 2.25. The smallest absolute Gasteiger partial charge is 0.171 e. The molecule has 0 atom stereocenters. The Balaban J connectivity index is 2.48. The van der Waals surface area contributed by atoms with E-state index in [1.807, 2.05) is 30.3 Å². The summed E-state index contributed by atoms with van der Waals surface area (Å²) in [5.74, 6) is 0. The van der Waals surface area contributed by atoms with Crippen molar-refractivity contribution >= 4 is 17.9 Å². The molecule has 0 aliphatic carbocycles. The molecule has 0 spiro atoms. The molecule has 0 unspecified atom stereocenters. The molecular formula is C10H7ClN2O. The van der Waals surface area contributed by atoms with Gasteiger partial charge in [0.15, 0.2) is 6.29 Å². The summed E-state index contributed by atoms with van der Waals surface area (Å²) in [5.41, 5.74) is 1.14. The maximum atomic E-state index is 10.5. The van der Waals surface area contributed by atoms with Crippen LogP contribution in [-0.4, -0.2) is 16.1 Å². The molecule has 1 heterocycles. The zero-order valence-electron chi connectivity index (χ0n) is 7.22. The highest BCUT2D eigenvalue weighted by molar-refractivity contribution is 6.32. The van der Waals surface area contributed by atoms with Crippen LogP contribution in [0.25, 0.3) is 5.69 Å². The number of nitrogens with zero attached hydrogens (tertiary/aromatic N) is 2. The van der Waals surface area contributed by atoms with Gasteiger partial charge in [0.25, 0.3) is 0 Å². The second-order valence-corrected chi connectivity index (χ2v) is 3.17. The highest BCUT2D eigenvalue weighted by atomic mass is 35.5. The maximum Gasteiger partial charge on any atom is 0.171 e. The lowest BCUT2D eigenvalue weighted by Crippen LogP contribution is -1.94. The number of hydrogen-bond acceptors (Lipinski definition) is 2. The SMILES string of the molecule is O=Cc1nn(-c2ccccc2)cc1Cl. The molecule has 0 aliphatic rings.